The van der Waals surface area contributed by atoms with Crippen molar-refractivity contribution in [3.05, 3.63) is 28.5 Å². The van der Waals surface area contributed by atoms with Gasteiger partial charge in [-0.2, -0.15) is 0 Å². The van der Waals surface area contributed by atoms with Crippen LogP contribution in [0.1, 0.15) is 37.8 Å². The predicted molar refractivity (Wildman–Crippen MR) is 75.1 cm³/mol. The molecule has 1 heterocycles. The minimum atomic E-state index is 0.669. The molecule has 2 rings (SSSR count). The first-order valence-corrected chi connectivity index (χ1v) is 7.36. The Morgan fingerprint density at radius 1 is 1.29 bits per heavy atom. The molecule has 1 saturated carbocycles. The summed E-state index contributed by atoms with van der Waals surface area (Å²) in [5, 5.41) is 3.49. The molecule has 0 aromatic carbocycles. The fourth-order valence-electron chi connectivity index (χ4n) is 2.80. The Labute approximate surface area is 112 Å². The van der Waals surface area contributed by atoms with Crippen LogP contribution in [-0.2, 0) is 6.42 Å². The van der Waals surface area contributed by atoms with Gasteiger partial charge in [-0.3, -0.25) is 4.98 Å². The van der Waals surface area contributed by atoms with Gasteiger partial charge < -0.3 is 5.32 Å². The Morgan fingerprint density at radius 2 is 2.12 bits per heavy atom. The Hall–Kier alpha value is -0.410. The molecule has 2 atom stereocenters. The smallest absolute Gasteiger partial charge is 0.0413 e. The molecule has 0 radical (unpaired) electrons. The van der Waals surface area contributed by atoms with Crippen LogP contribution < -0.4 is 5.32 Å². The number of nitrogens with zero attached hydrogens (tertiary/aromatic N) is 1. The second-order valence-corrected chi connectivity index (χ2v) is 5.88. The van der Waals surface area contributed by atoms with E-state index >= 15 is 0 Å². The highest BCUT2D eigenvalue weighted by Gasteiger charge is 2.22. The van der Waals surface area contributed by atoms with Crippen molar-refractivity contribution < 1.29 is 0 Å². The molecule has 0 saturated heterocycles. The summed E-state index contributed by atoms with van der Waals surface area (Å²) in [5.41, 5.74) is 1.22. The van der Waals surface area contributed by atoms with Crippen LogP contribution in [0, 0.1) is 5.92 Å². The molecular formula is C14H21BrN2. The standard InChI is InChI=1S/C14H21BrN2/c1-16-14-6-4-2-3-5-11(14)9-13-8-7-12(15)10-17-13/h7-8,10-11,14,16H,2-6,9H2,1H3. The lowest BCUT2D eigenvalue weighted by atomic mass is 9.90. The van der Waals surface area contributed by atoms with Crippen LogP contribution in [0.3, 0.4) is 0 Å². The van der Waals surface area contributed by atoms with Crippen LogP contribution in [0.25, 0.3) is 0 Å². The average Bonchev–Trinajstić information content (AvgIpc) is 2.57. The second-order valence-electron chi connectivity index (χ2n) is 4.97. The van der Waals surface area contributed by atoms with Crippen molar-refractivity contribution in [2.45, 2.75) is 44.6 Å². The lowest BCUT2D eigenvalue weighted by Crippen LogP contribution is -2.34. The van der Waals surface area contributed by atoms with Gasteiger partial charge in [-0.1, -0.05) is 19.3 Å². The van der Waals surface area contributed by atoms with E-state index in [0.29, 0.717) is 6.04 Å². The van der Waals surface area contributed by atoms with Crippen molar-refractivity contribution in [1.29, 1.82) is 0 Å². The summed E-state index contributed by atoms with van der Waals surface area (Å²) in [6.07, 6.45) is 9.80. The van der Waals surface area contributed by atoms with Gasteiger partial charge in [0.2, 0.25) is 0 Å². The Balaban J connectivity index is 2.01. The number of rotatable bonds is 3. The molecule has 0 aliphatic heterocycles. The van der Waals surface area contributed by atoms with E-state index < -0.39 is 0 Å². The molecule has 0 spiro atoms. The topological polar surface area (TPSA) is 24.9 Å². The van der Waals surface area contributed by atoms with Crippen LogP contribution in [0.15, 0.2) is 22.8 Å². The van der Waals surface area contributed by atoms with Gasteiger partial charge >= 0.3 is 0 Å². The molecule has 2 nitrogen and oxygen atoms in total. The van der Waals surface area contributed by atoms with Crippen LogP contribution in [-0.4, -0.2) is 18.1 Å². The lowest BCUT2D eigenvalue weighted by Gasteiger charge is -2.24. The zero-order chi connectivity index (χ0) is 12.1. The quantitative estimate of drug-likeness (QED) is 0.863. The normalized spacial score (nSPS) is 25.5. The fraction of sp³-hybridized carbons (Fsp3) is 0.643. The number of nitrogens with one attached hydrogen (secondary N) is 1. The van der Waals surface area contributed by atoms with Gasteiger partial charge in [0, 0.05) is 22.4 Å². The maximum atomic E-state index is 4.50. The number of pyridine rings is 1. The SMILES string of the molecule is CNC1CCCCCC1Cc1ccc(Br)cn1. The van der Waals surface area contributed by atoms with E-state index in [1.807, 2.05) is 6.20 Å². The van der Waals surface area contributed by atoms with E-state index in [9.17, 15) is 0 Å². The summed E-state index contributed by atoms with van der Waals surface area (Å²) in [7, 11) is 2.10. The molecule has 94 valence electrons. The summed E-state index contributed by atoms with van der Waals surface area (Å²) in [4.78, 5) is 4.50. The molecule has 3 heteroatoms. The van der Waals surface area contributed by atoms with E-state index in [0.717, 1.165) is 16.8 Å². The highest BCUT2D eigenvalue weighted by molar-refractivity contribution is 9.10. The number of halogens is 1. The molecule has 1 N–H and O–H groups in total. The molecule has 1 aromatic heterocycles. The number of hydrogen-bond donors (Lipinski definition) is 1. The van der Waals surface area contributed by atoms with E-state index in [2.05, 4.69) is 45.4 Å². The van der Waals surface area contributed by atoms with E-state index in [1.165, 1.54) is 37.8 Å². The Morgan fingerprint density at radius 3 is 2.82 bits per heavy atom. The van der Waals surface area contributed by atoms with Crippen LogP contribution in [0.5, 0.6) is 0 Å². The van der Waals surface area contributed by atoms with Crippen LogP contribution >= 0.6 is 15.9 Å². The predicted octanol–water partition coefficient (Wildman–Crippen LogP) is 3.55. The minimum Gasteiger partial charge on any atom is -0.317 e. The van der Waals surface area contributed by atoms with Gasteiger partial charge in [-0.05, 0) is 60.3 Å². The van der Waals surface area contributed by atoms with Gasteiger partial charge in [0.1, 0.15) is 0 Å². The van der Waals surface area contributed by atoms with Gasteiger partial charge in [-0.25, -0.2) is 0 Å². The molecule has 17 heavy (non-hydrogen) atoms. The molecule has 2 unspecified atom stereocenters. The maximum Gasteiger partial charge on any atom is 0.0413 e. The first-order valence-electron chi connectivity index (χ1n) is 6.57. The third-order valence-corrected chi connectivity index (χ3v) is 4.26. The third-order valence-electron chi connectivity index (χ3n) is 3.79. The van der Waals surface area contributed by atoms with Gasteiger partial charge in [0.15, 0.2) is 0 Å². The third kappa shape index (κ3) is 3.78. The molecule has 0 bridgehead atoms. The second kappa shape index (κ2) is 6.50. The first-order chi connectivity index (χ1) is 8.29. The summed E-state index contributed by atoms with van der Waals surface area (Å²) in [6, 6.07) is 4.90. The lowest BCUT2D eigenvalue weighted by molar-refractivity contribution is 0.348. The summed E-state index contributed by atoms with van der Waals surface area (Å²) >= 11 is 3.43. The molecule has 1 fully saturated rings. The largest absolute Gasteiger partial charge is 0.317 e. The Kier molecular flexibility index (Phi) is 4.99. The first kappa shape index (κ1) is 13.0. The average molecular weight is 297 g/mol. The highest BCUT2D eigenvalue weighted by Crippen LogP contribution is 2.26. The van der Waals surface area contributed by atoms with Crippen LogP contribution in [0.4, 0.5) is 0 Å². The summed E-state index contributed by atoms with van der Waals surface area (Å²) in [6.45, 7) is 0. The highest BCUT2D eigenvalue weighted by atomic mass is 79.9. The fourth-order valence-corrected chi connectivity index (χ4v) is 3.04. The van der Waals surface area contributed by atoms with Gasteiger partial charge in [0.25, 0.3) is 0 Å². The zero-order valence-electron chi connectivity index (χ0n) is 10.5. The Bertz CT molecular complexity index is 337. The summed E-state index contributed by atoms with van der Waals surface area (Å²) in [5.74, 6) is 0.746. The maximum absolute atomic E-state index is 4.50. The van der Waals surface area contributed by atoms with Crippen molar-refractivity contribution in [3.63, 3.8) is 0 Å². The van der Waals surface area contributed by atoms with Crippen LogP contribution in [0.2, 0.25) is 0 Å². The van der Waals surface area contributed by atoms with E-state index in [4.69, 9.17) is 0 Å². The monoisotopic (exact) mass is 296 g/mol. The van der Waals surface area contributed by atoms with Gasteiger partial charge in [0.05, 0.1) is 0 Å². The van der Waals surface area contributed by atoms with Crippen molar-refractivity contribution >= 4 is 15.9 Å². The van der Waals surface area contributed by atoms with E-state index in [-0.39, 0.29) is 0 Å². The number of hydrogen-bond acceptors (Lipinski definition) is 2. The molecule has 1 aliphatic carbocycles. The molecule has 1 aliphatic rings. The minimum absolute atomic E-state index is 0.669. The van der Waals surface area contributed by atoms with Crippen molar-refractivity contribution in [3.8, 4) is 0 Å². The zero-order valence-corrected chi connectivity index (χ0v) is 12.0. The van der Waals surface area contributed by atoms with Crippen molar-refractivity contribution in [1.82, 2.24) is 10.3 Å². The van der Waals surface area contributed by atoms with Crippen molar-refractivity contribution in [2.24, 2.45) is 5.92 Å². The summed E-state index contributed by atoms with van der Waals surface area (Å²) < 4.78 is 1.06. The van der Waals surface area contributed by atoms with Gasteiger partial charge in [-0.15, -0.1) is 0 Å². The van der Waals surface area contributed by atoms with Crippen molar-refractivity contribution in [2.75, 3.05) is 7.05 Å². The molecule has 1 aromatic rings. The molecular weight excluding hydrogens is 276 g/mol. The number of aromatic nitrogens is 1. The molecule has 0 amide bonds. The van der Waals surface area contributed by atoms with E-state index in [1.54, 1.807) is 0 Å².